The minimum absolute atomic E-state index is 0.0171. The summed E-state index contributed by atoms with van der Waals surface area (Å²) >= 11 is 0. The van der Waals surface area contributed by atoms with Crippen molar-refractivity contribution in [1.29, 1.82) is 5.26 Å². The minimum atomic E-state index is 0.0171. The molecule has 0 atom stereocenters. The van der Waals surface area contributed by atoms with Crippen molar-refractivity contribution in [2.24, 2.45) is 0 Å². The van der Waals surface area contributed by atoms with Gasteiger partial charge in [-0.3, -0.25) is 9.69 Å². The zero-order chi connectivity index (χ0) is 17.2. The molecule has 0 unspecified atom stereocenters. The number of carbonyl (C=O) groups excluding carboxylic acids is 1. The molecule has 0 aliphatic carbocycles. The summed E-state index contributed by atoms with van der Waals surface area (Å²) in [7, 11) is 3.60. The van der Waals surface area contributed by atoms with Crippen molar-refractivity contribution in [3.63, 3.8) is 0 Å². The molecule has 0 aliphatic rings. The quantitative estimate of drug-likeness (QED) is 0.657. The van der Waals surface area contributed by atoms with E-state index in [0.717, 1.165) is 24.2 Å². The predicted octanol–water partition coefficient (Wildman–Crippen LogP) is 2.52. The number of benzene rings is 1. The third-order valence-corrected chi connectivity index (χ3v) is 3.84. The van der Waals surface area contributed by atoms with Gasteiger partial charge in [0.05, 0.1) is 19.0 Å². The number of nitriles is 1. The molecule has 0 aliphatic heterocycles. The topological polar surface area (TPSA) is 56.6 Å². The Morgan fingerprint density at radius 1 is 1.26 bits per heavy atom. The molecule has 0 saturated heterocycles. The Hall–Kier alpha value is -1.90. The lowest BCUT2D eigenvalue weighted by molar-refractivity contribution is -0.119. The molecule has 0 bridgehead atoms. The summed E-state index contributed by atoms with van der Waals surface area (Å²) in [5.74, 6) is 0.0171. The first-order valence-corrected chi connectivity index (χ1v) is 7.91. The fourth-order valence-corrected chi connectivity index (χ4v) is 2.33. The first-order valence-electron chi connectivity index (χ1n) is 7.91. The van der Waals surface area contributed by atoms with E-state index >= 15 is 0 Å². The number of rotatable bonds is 9. The van der Waals surface area contributed by atoms with Crippen molar-refractivity contribution in [3.05, 3.63) is 29.3 Å². The summed E-state index contributed by atoms with van der Waals surface area (Å²) in [5.41, 5.74) is 3.20. The van der Waals surface area contributed by atoms with Crippen LogP contribution in [0.4, 0.5) is 5.69 Å². The van der Waals surface area contributed by atoms with Gasteiger partial charge in [0.1, 0.15) is 0 Å². The van der Waals surface area contributed by atoms with Crippen LogP contribution in [0.2, 0.25) is 0 Å². The molecule has 0 spiro atoms. The van der Waals surface area contributed by atoms with Crippen LogP contribution in [0.25, 0.3) is 0 Å². The molecule has 0 radical (unpaired) electrons. The Morgan fingerprint density at radius 2 is 2.00 bits per heavy atom. The van der Waals surface area contributed by atoms with Gasteiger partial charge in [0, 0.05) is 32.5 Å². The van der Waals surface area contributed by atoms with E-state index in [2.05, 4.69) is 6.07 Å². The molecule has 0 fully saturated rings. The molecule has 0 aromatic heterocycles. The first kappa shape index (κ1) is 19.1. The van der Waals surface area contributed by atoms with E-state index in [1.54, 1.807) is 12.0 Å². The van der Waals surface area contributed by atoms with E-state index in [-0.39, 0.29) is 5.91 Å². The Labute approximate surface area is 139 Å². The van der Waals surface area contributed by atoms with Crippen molar-refractivity contribution in [3.8, 4) is 6.07 Å². The third kappa shape index (κ3) is 6.39. The summed E-state index contributed by atoms with van der Waals surface area (Å²) in [6, 6.07) is 8.09. The number of ether oxygens (including phenoxy) is 1. The standard InChI is InChI=1S/C18H27N3O2/c1-15-7-8-17(13-16(15)2)21(11-5-9-19)18(22)14-20(3)10-6-12-23-4/h7-8,13H,5-6,10-12,14H2,1-4H3. The average molecular weight is 317 g/mol. The number of methoxy groups -OCH3 is 1. The van der Waals surface area contributed by atoms with Gasteiger partial charge in [-0.05, 0) is 50.6 Å². The predicted molar refractivity (Wildman–Crippen MR) is 92.5 cm³/mol. The van der Waals surface area contributed by atoms with Crippen LogP contribution in [0.5, 0.6) is 0 Å². The number of amides is 1. The Kier molecular flexibility index (Phi) is 8.31. The molecule has 126 valence electrons. The van der Waals surface area contributed by atoms with Gasteiger partial charge < -0.3 is 9.64 Å². The van der Waals surface area contributed by atoms with E-state index in [4.69, 9.17) is 10.00 Å². The van der Waals surface area contributed by atoms with Gasteiger partial charge in [0.2, 0.25) is 5.91 Å². The maximum Gasteiger partial charge on any atom is 0.241 e. The number of hydrogen-bond donors (Lipinski definition) is 0. The molecule has 5 heteroatoms. The third-order valence-electron chi connectivity index (χ3n) is 3.84. The highest BCUT2D eigenvalue weighted by Gasteiger charge is 2.17. The van der Waals surface area contributed by atoms with E-state index in [1.807, 2.05) is 44.0 Å². The van der Waals surface area contributed by atoms with Crippen molar-refractivity contribution in [2.75, 3.05) is 45.3 Å². The molecule has 1 amide bonds. The number of hydrogen-bond acceptors (Lipinski definition) is 4. The summed E-state index contributed by atoms with van der Waals surface area (Å²) < 4.78 is 5.03. The maximum absolute atomic E-state index is 12.6. The number of nitrogens with zero attached hydrogens (tertiary/aromatic N) is 3. The van der Waals surface area contributed by atoms with Crippen LogP contribution in [0.15, 0.2) is 18.2 Å². The number of aryl methyl sites for hydroxylation is 2. The van der Waals surface area contributed by atoms with E-state index in [0.29, 0.717) is 26.1 Å². The Bertz CT molecular complexity index is 552. The normalized spacial score (nSPS) is 10.6. The van der Waals surface area contributed by atoms with Gasteiger partial charge >= 0.3 is 0 Å². The number of carbonyl (C=O) groups is 1. The van der Waals surface area contributed by atoms with Crippen LogP contribution in [0, 0.1) is 25.2 Å². The molecule has 0 N–H and O–H groups in total. The number of anilines is 1. The van der Waals surface area contributed by atoms with Crippen LogP contribution in [0.3, 0.4) is 0 Å². The smallest absolute Gasteiger partial charge is 0.241 e. The van der Waals surface area contributed by atoms with E-state index in [9.17, 15) is 4.79 Å². The first-order chi connectivity index (χ1) is 11.0. The van der Waals surface area contributed by atoms with Crippen LogP contribution in [-0.2, 0) is 9.53 Å². The van der Waals surface area contributed by atoms with Gasteiger partial charge in [-0.25, -0.2) is 0 Å². The second-order valence-electron chi connectivity index (χ2n) is 5.81. The van der Waals surface area contributed by atoms with Gasteiger partial charge in [0.15, 0.2) is 0 Å². The monoisotopic (exact) mass is 317 g/mol. The van der Waals surface area contributed by atoms with E-state index < -0.39 is 0 Å². The summed E-state index contributed by atoms with van der Waals surface area (Å²) in [6.45, 7) is 6.32. The van der Waals surface area contributed by atoms with Crippen molar-refractivity contribution in [2.45, 2.75) is 26.7 Å². The Balaban J connectivity index is 2.78. The Morgan fingerprint density at radius 3 is 2.61 bits per heavy atom. The zero-order valence-corrected chi connectivity index (χ0v) is 14.6. The fourth-order valence-electron chi connectivity index (χ4n) is 2.33. The second kappa shape index (κ2) is 9.98. The molecular weight excluding hydrogens is 290 g/mol. The van der Waals surface area contributed by atoms with Gasteiger partial charge in [-0.15, -0.1) is 0 Å². The fraction of sp³-hybridized carbons (Fsp3) is 0.556. The average Bonchev–Trinajstić information content (AvgIpc) is 2.51. The molecule has 1 aromatic rings. The number of likely N-dealkylation sites (N-methyl/N-ethyl adjacent to an activating group) is 1. The van der Waals surface area contributed by atoms with Crippen LogP contribution >= 0.6 is 0 Å². The molecular formula is C18H27N3O2. The second-order valence-corrected chi connectivity index (χ2v) is 5.81. The lowest BCUT2D eigenvalue weighted by Gasteiger charge is -2.25. The van der Waals surface area contributed by atoms with E-state index in [1.165, 1.54) is 5.56 Å². The highest BCUT2D eigenvalue weighted by molar-refractivity contribution is 5.94. The van der Waals surface area contributed by atoms with Crippen molar-refractivity contribution in [1.82, 2.24) is 4.90 Å². The lowest BCUT2D eigenvalue weighted by Crippen LogP contribution is -2.40. The van der Waals surface area contributed by atoms with Crippen LogP contribution < -0.4 is 4.90 Å². The van der Waals surface area contributed by atoms with Crippen LogP contribution in [0.1, 0.15) is 24.0 Å². The highest BCUT2D eigenvalue weighted by Crippen LogP contribution is 2.19. The lowest BCUT2D eigenvalue weighted by atomic mass is 10.1. The van der Waals surface area contributed by atoms with Gasteiger partial charge in [0.25, 0.3) is 0 Å². The van der Waals surface area contributed by atoms with Crippen molar-refractivity contribution < 1.29 is 9.53 Å². The molecule has 5 nitrogen and oxygen atoms in total. The summed E-state index contributed by atoms with van der Waals surface area (Å²) in [6.07, 6.45) is 1.22. The van der Waals surface area contributed by atoms with Gasteiger partial charge in [-0.2, -0.15) is 5.26 Å². The van der Waals surface area contributed by atoms with Crippen LogP contribution in [-0.4, -0.2) is 51.2 Å². The van der Waals surface area contributed by atoms with Gasteiger partial charge in [-0.1, -0.05) is 6.07 Å². The maximum atomic E-state index is 12.6. The SMILES string of the molecule is COCCCN(C)CC(=O)N(CCC#N)c1ccc(C)c(C)c1. The molecule has 23 heavy (non-hydrogen) atoms. The molecule has 1 aromatic carbocycles. The minimum Gasteiger partial charge on any atom is -0.385 e. The molecule has 0 saturated carbocycles. The van der Waals surface area contributed by atoms with Crippen molar-refractivity contribution >= 4 is 11.6 Å². The highest BCUT2D eigenvalue weighted by atomic mass is 16.5. The molecule has 1 rings (SSSR count). The summed E-state index contributed by atoms with van der Waals surface area (Å²) in [5, 5.41) is 8.86. The molecule has 0 heterocycles. The largest absolute Gasteiger partial charge is 0.385 e. The summed E-state index contributed by atoms with van der Waals surface area (Å²) in [4.78, 5) is 16.3. The zero-order valence-electron chi connectivity index (χ0n) is 14.6.